The van der Waals surface area contributed by atoms with Crippen LogP contribution in [0.1, 0.15) is 57.8 Å². The minimum absolute atomic E-state index is 0.915. The highest BCUT2D eigenvalue weighted by Gasteiger charge is 2.16. The first-order valence-electron chi connectivity index (χ1n) is 6.86. The van der Waals surface area contributed by atoms with E-state index >= 15 is 0 Å². The van der Waals surface area contributed by atoms with Crippen molar-refractivity contribution in [2.45, 2.75) is 57.8 Å². The predicted octanol–water partition coefficient (Wildman–Crippen LogP) is 3.66. The smallest absolute Gasteiger partial charge is 0.00432 e. The summed E-state index contributed by atoms with van der Waals surface area (Å²) in [6, 6.07) is 0. The molecule has 1 saturated heterocycles. The van der Waals surface area contributed by atoms with Crippen molar-refractivity contribution in [2.75, 3.05) is 13.1 Å². The molecule has 0 aromatic heterocycles. The quantitative estimate of drug-likeness (QED) is 0.647. The molecule has 1 aliphatic heterocycles. The second-order valence-electron chi connectivity index (χ2n) is 5.11. The molecule has 1 nitrogen and oxygen atoms in total. The van der Waals surface area contributed by atoms with Gasteiger partial charge in [0.25, 0.3) is 0 Å². The molecule has 1 unspecified atom stereocenters. The number of allylic oxidation sites excluding steroid dienone is 2. The van der Waals surface area contributed by atoms with Gasteiger partial charge < -0.3 is 5.32 Å². The van der Waals surface area contributed by atoms with Gasteiger partial charge in [0.05, 0.1) is 0 Å². The fraction of sp³-hybridized carbons (Fsp3) is 0.857. The number of hydrogen-bond acceptors (Lipinski definition) is 1. The third kappa shape index (κ3) is 3.64. The predicted molar refractivity (Wildman–Crippen MR) is 66.0 cm³/mol. The van der Waals surface area contributed by atoms with Crippen molar-refractivity contribution in [2.24, 2.45) is 5.92 Å². The average Bonchev–Trinajstić information content (AvgIpc) is 2.45. The molecular formula is C14H25N. The molecule has 15 heavy (non-hydrogen) atoms. The summed E-state index contributed by atoms with van der Waals surface area (Å²) >= 11 is 0. The third-order valence-electron chi connectivity index (χ3n) is 3.93. The normalized spacial score (nSPS) is 29.9. The van der Waals surface area contributed by atoms with Gasteiger partial charge in [-0.15, -0.1) is 0 Å². The van der Waals surface area contributed by atoms with Crippen molar-refractivity contribution in [1.29, 1.82) is 0 Å². The summed E-state index contributed by atoms with van der Waals surface area (Å²) in [4.78, 5) is 0. The molecule has 0 saturated carbocycles. The molecule has 0 bridgehead atoms. The summed E-state index contributed by atoms with van der Waals surface area (Å²) in [7, 11) is 0. The zero-order valence-electron chi connectivity index (χ0n) is 9.93. The molecule has 1 heteroatoms. The number of hydrogen-bond donors (Lipinski definition) is 1. The Hall–Kier alpha value is -0.300. The van der Waals surface area contributed by atoms with Crippen LogP contribution in [0.4, 0.5) is 0 Å². The summed E-state index contributed by atoms with van der Waals surface area (Å²) in [5.74, 6) is 0.915. The molecule has 1 aliphatic carbocycles. The van der Waals surface area contributed by atoms with Gasteiger partial charge in [0.1, 0.15) is 0 Å². The standard InChI is InChI=1S/C14H25N/c1-2-4-7-13(8-5-3-1)14-9-6-11-15-12-10-14/h7,14-15H,1-6,8-12H2. The van der Waals surface area contributed by atoms with E-state index in [9.17, 15) is 0 Å². The van der Waals surface area contributed by atoms with Crippen molar-refractivity contribution in [1.82, 2.24) is 5.32 Å². The summed E-state index contributed by atoms with van der Waals surface area (Å²) in [5.41, 5.74) is 1.80. The van der Waals surface area contributed by atoms with Crippen LogP contribution < -0.4 is 5.32 Å². The van der Waals surface area contributed by atoms with Gasteiger partial charge >= 0.3 is 0 Å². The molecule has 0 amide bonds. The van der Waals surface area contributed by atoms with Gasteiger partial charge in [0.2, 0.25) is 0 Å². The van der Waals surface area contributed by atoms with E-state index in [1.165, 1.54) is 70.9 Å². The van der Waals surface area contributed by atoms with Crippen molar-refractivity contribution in [3.63, 3.8) is 0 Å². The maximum atomic E-state index is 3.52. The Labute approximate surface area is 94.3 Å². The average molecular weight is 207 g/mol. The Morgan fingerprint density at radius 3 is 2.87 bits per heavy atom. The lowest BCUT2D eigenvalue weighted by Gasteiger charge is -2.20. The van der Waals surface area contributed by atoms with Crippen LogP contribution in [-0.2, 0) is 0 Å². The van der Waals surface area contributed by atoms with Crippen LogP contribution in [0.3, 0.4) is 0 Å². The van der Waals surface area contributed by atoms with Crippen molar-refractivity contribution >= 4 is 0 Å². The fourth-order valence-electron chi connectivity index (χ4n) is 2.98. The zero-order chi connectivity index (χ0) is 10.3. The maximum absolute atomic E-state index is 3.52. The highest BCUT2D eigenvalue weighted by atomic mass is 14.8. The van der Waals surface area contributed by atoms with Crippen LogP contribution >= 0.6 is 0 Å². The molecular weight excluding hydrogens is 182 g/mol. The molecule has 2 aliphatic rings. The number of rotatable bonds is 1. The summed E-state index contributed by atoms with van der Waals surface area (Å²) in [6.45, 7) is 2.48. The van der Waals surface area contributed by atoms with E-state index in [1.54, 1.807) is 5.57 Å². The van der Waals surface area contributed by atoms with Crippen molar-refractivity contribution < 1.29 is 0 Å². The molecule has 1 heterocycles. The lowest BCUT2D eigenvalue weighted by molar-refractivity contribution is 0.501. The molecule has 2 rings (SSSR count). The molecule has 0 spiro atoms. The van der Waals surface area contributed by atoms with Crippen LogP contribution in [0.2, 0.25) is 0 Å². The minimum Gasteiger partial charge on any atom is -0.317 e. The van der Waals surface area contributed by atoms with Gasteiger partial charge in [0, 0.05) is 0 Å². The van der Waals surface area contributed by atoms with E-state index in [0.29, 0.717) is 0 Å². The van der Waals surface area contributed by atoms with E-state index in [1.807, 2.05) is 0 Å². The first-order chi connectivity index (χ1) is 7.47. The van der Waals surface area contributed by atoms with Gasteiger partial charge in [-0.1, -0.05) is 24.5 Å². The molecule has 1 fully saturated rings. The van der Waals surface area contributed by atoms with E-state index in [-0.39, 0.29) is 0 Å². The monoisotopic (exact) mass is 207 g/mol. The lowest BCUT2D eigenvalue weighted by atomic mass is 9.86. The Morgan fingerprint density at radius 2 is 1.87 bits per heavy atom. The van der Waals surface area contributed by atoms with E-state index < -0.39 is 0 Å². The van der Waals surface area contributed by atoms with Gasteiger partial charge in [-0.05, 0) is 64.0 Å². The second-order valence-corrected chi connectivity index (χ2v) is 5.11. The highest BCUT2D eigenvalue weighted by molar-refractivity contribution is 5.08. The highest BCUT2D eigenvalue weighted by Crippen LogP contribution is 2.29. The Morgan fingerprint density at radius 1 is 0.933 bits per heavy atom. The summed E-state index contributed by atoms with van der Waals surface area (Å²) < 4.78 is 0. The van der Waals surface area contributed by atoms with Gasteiger partial charge in [-0.2, -0.15) is 0 Å². The summed E-state index contributed by atoms with van der Waals surface area (Å²) in [6.07, 6.45) is 15.3. The Kier molecular flexibility index (Phi) is 4.72. The fourth-order valence-corrected chi connectivity index (χ4v) is 2.98. The van der Waals surface area contributed by atoms with Crippen LogP contribution in [0.15, 0.2) is 11.6 Å². The lowest BCUT2D eigenvalue weighted by Crippen LogP contribution is -2.14. The summed E-state index contributed by atoms with van der Waals surface area (Å²) in [5, 5.41) is 3.52. The second kappa shape index (κ2) is 6.32. The minimum atomic E-state index is 0.915. The molecule has 0 aromatic rings. The zero-order valence-corrected chi connectivity index (χ0v) is 9.93. The number of nitrogens with one attached hydrogen (secondary N) is 1. The Balaban J connectivity index is 1.92. The Bertz CT molecular complexity index is 199. The van der Waals surface area contributed by atoms with Crippen LogP contribution in [0.25, 0.3) is 0 Å². The van der Waals surface area contributed by atoms with Gasteiger partial charge in [-0.25, -0.2) is 0 Å². The topological polar surface area (TPSA) is 12.0 Å². The first kappa shape index (κ1) is 11.2. The van der Waals surface area contributed by atoms with Crippen LogP contribution in [0, 0.1) is 5.92 Å². The van der Waals surface area contributed by atoms with Crippen molar-refractivity contribution in [3.05, 3.63) is 11.6 Å². The molecule has 1 N–H and O–H groups in total. The molecule has 0 aromatic carbocycles. The largest absolute Gasteiger partial charge is 0.317 e. The SMILES string of the molecule is C1=C(C2CCCNCC2)CCCCCC1. The van der Waals surface area contributed by atoms with Crippen LogP contribution in [0.5, 0.6) is 0 Å². The van der Waals surface area contributed by atoms with E-state index in [2.05, 4.69) is 11.4 Å². The van der Waals surface area contributed by atoms with Gasteiger partial charge in [-0.3, -0.25) is 0 Å². The molecule has 1 atom stereocenters. The first-order valence-corrected chi connectivity index (χ1v) is 6.86. The van der Waals surface area contributed by atoms with Gasteiger partial charge in [0.15, 0.2) is 0 Å². The van der Waals surface area contributed by atoms with Crippen LogP contribution in [-0.4, -0.2) is 13.1 Å². The van der Waals surface area contributed by atoms with Crippen molar-refractivity contribution in [3.8, 4) is 0 Å². The maximum Gasteiger partial charge on any atom is -0.00432 e. The van der Waals surface area contributed by atoms with E-state index in [0.717, 1.165) is 5.92 Å². The third-order valence-corrected chi connectivity index (χ3v) is 3.93. The molecule has 0 radical (unpaired) electrons. The van der Waals surface area contributed by atoms with E-state index in [4.69, 9.17) is 0 Å². The molecule has 86 valence electrons.